The standard InChI is InChI=1S/C20H21FN4O4S/c21-17-5-2-1-4-16(17)20(27)24-9-3-8-23(10-11-24)19(26)15-6-7-18-22-30(28,29)13-12-25(18)14-15/h1-2,4-7,14H,3,8-13H2. The van der Waals surface area contributed by atoms with Crippen LogP contribution in [0.5, 0.6) is 0 Å². The highest BCUT2D eigenvalue weighted by Crippen LogP contribution is 2.19. The lowest BCUT2D eigenvalue weighted by Crippen LogP contribution is -2.40. The van der Waals surface area contributed by atoms with Gasteiger partial charge in [0.1, 0.15) is 11.7 Å². The number of rotatable bonds is 2. The van der Waals surface area contributed by atoms with Crippen LogP contribution in [0.1, 0.15) is 16.8 Å². The molecule has 0 N–H and O–H groups in total. The van der Waals surface area contributed by atoms with E-state index >= 15 is 0 Å². The number of amidine groups is 1. The van der Waals surface area contributed by atoms with Gasteiger partial charge >= 0.3 is 0 Å². The first-order valence-corrected chi connectivity index (χ1v) is 11.3. The van der Waals surface area contributed by atoms with Crippen LogP contribution >= 0.6 is 0 Å². The number of nitrogens with zero attached hydrogens (tertiary/aromatic N) is 4. The zero-order valence-electron chi connectivity index (χ0n) is 16.2. The molecule has 2 amide bonds. The van der Waals surface area contributed by atoms with Gasteiger partial charge < -0.3 is 14.7 Å². The van der Waals surface area contributed by atoms with E-state index in [0.29, 0.717) is 44.0 Å². The predicted molar refractivity (Wildman–Crippen MR) is 109 cm³/mol. The molecule has 0 spiro atoms. The lowest BCUT2D eigenvalue weighted by atomic mass is 10.1. The summed E-state index contributed by atoms with van der Waals surface area (Å²) < 4.78 is 40.9. The number of carbonyl (C=O) groups excluding carboxylic acids is 2. The summed E-state index contributed by atoms with van der Waals surface area (Å²) in [7, 11) is -3.45. The van der Waals surface area contributed by atoms with Gasteiger partial charge in [-0.2, -0.15) is 0 Å². The van der Waals surface area contributed by atoms with E-state index in [9.17, 15) is 22.4 Å². The summed E-state index contributed by atoms with van der Waals surface area (Å²) in [6.07, 6.45) is 5.28. The Balaban J connectivity index is 1.43. The van der Waals surface area contributed by atoms with Crippen LogP contribution in [-0.4, -0.2) is 79.2 Å². The Labute approximate surface area is 174 Å². The molecule has 3 aliphatic heterocycles. The maximum atomic E-state index is 13.9. The second-order valence-corrected chi connectivity index (χ2v) is 9.02. The van der Waals surface area contributed by atoms with Gasteiger partial charge in [-0.15, -0.1) is 4.40 Å². The third-order valence-electron chi connectivity index (χ3n) is 5.25. The van der Waals surface area contributed by atoms with Crippen molar-refractivity contribution in [2.24, 2.45) is 4.40 Å². The third kappa shape index (κ3) is 4.13. The summed E-state index contributed by atoms with van der Waals surface area (Å²) in [6.45, 7) is 1.80. The molecule has 8 nitrogen and oxygen atoms in total. The Morgan fingerprint density at radius 1 is 0.933 bits per heavy atom. The van der Waals surface area contributed by atoms with Gasteiger partial charge in [-0.25, -0.2) is 12.8 Å². The number of benzene rings is 1. The van der Waals surface area contributed by atoms with Crippen LogP contribution in [0.15, 0.2) is 52.6 Å². The second kappa shape index (κ2) is 8.02. The zero-order chi connectivity index (χ0) is 21.3. The first-order chi connectivity index (χ1) is 14.3. The first kappa shape index (κ1) is 20.3. The number of hydrogen-bond donors (Lipinski definition) is 0. The van der Waals surface area contributed by atoms with Crippen LogP contribution in [0.25, 0.3) is 0 Å². The molecule has 1 aromatic carbocycles. The van der Waals surface area contributed by atoms with Crippen molar-refractivity contribution in [3.05, 3.63) is 59.6 Å². The van der Waals surface area contributed by atoms with E-state index < -0.39 is 15.8 Å². The van der Waals surface area contributed by atoms with Gasteiger partial charge in [0.2, 0.25) is 0 Å². The van der Waals surface area contributed by atoms with Gasteiger partial charge in [-0.05, 0) is 30.7 Å². The molecular weight excluding hydrogens is 411 g/mol. The molecule has 4 rings (SSSR count). The molecule has 0 radical (unpaired) electrons. The van der Waals surface area contributed by atoms with E-state index in [2.05, 4.69) is 4.40 Å². The Kier molecular flexibility index (Phi) is 5.42. The average molecular weight is 432 g/mol. The Bertz CT molecular complexity index is 1080. The molecule has 0 unspecified atom stereocenters. The van der Waals surface area contributed by atoms with E-state index in [1.54, 1.807) is 33.0 Å². The number of hydrogen-bond acceptors (Lipinski definition) is 5. The summed E-state index contributed by atoms with van der Waals surface area (Å²) in [5.41, 5.74) is 0.462. The molecule has 1 fully saturated rings. The number of sulfonamides is 1. The Morgan fingerprint density at radius 2 is 1.63 bits per heavy atom. The highest BCUT2D eigenvalue weighted by Gasteiger charge is 2.28. The molecule has 158 valence electrons. The molecule has 1 saturated heterocycles. The van der Waals surface area contributed by atoms with Crippen LogP contribution < -0.4 is 0 Å². The van der Waals surface area contributed by atoms with Gasteiger partial charge in [-0.3, -0.25) is 9.59 Å². The molecule has 10 heteroatoms. The summed E-state index contributed by atoms with van der Waals surface area (Å²) in [6, 6.07) is 5.87. The van der Waals surface area contributed by atoms with Gasteiger partial charge in [0, 0.05) is 38.9 Å². The summed E-state index contributed by atoms with van der Waals surface area (Å²) >= 11 is 0. The maximum Gasteiger partial charge on any atom is 0.256 e. The van der Waals surface area contributed by atoms with Crippen LogP contribution in [-0.2, 0) is 14.8 Å². The van der Waals surface area contributed by atoms with Gasteiger partial charge in [0.15, 0.2) is 0 Å². The normalized spacial score (nSPS) is 20.8. The summed E-state index contributed by atoms with van der Waals surface area (Å²) in [4.78, 5) is 30.5. The van der Waals surface area contributed by atoms with Crippen LogP contribution in [0.3, 0.4) is 0 Å². The number of fused-ring (bicyclic) bond motifs is 1. The molecule has 0 aromatic heterocycles. The molecule has 0 atom stereocenters. The van der Waals surface area contributed by atoms with Gasteiger partial charge in [0.25, 0.3) is 21.8 Å². The third-order valence-corrected chi connectivity index (χ3v) is 6.41. The molecule has 3 heterocycles. The van der Waals surface area contributed by atoms with Crippen molar-refractivity contribution in [1.29, 1.82) is 0 Å². The minimum atomic E-state index is -3.45. The van der Waals surface area contributed by atoms with Crippen molar-refractivity contribution in [3.8, 4) is 0 Å². The minimum Gasteiger partial charge on any atom is -0.337 e. The van der Waals surface area contributed by atoms with Crippen molar-refractivity contribution in [2.45, 2.75) is 6.42 Å². The van der Waals surface area contributed by atoms with Gasteiger partial charge in [-0.1, -0.05) is 12.1 Å². The zero-order valence-corrected chi connectivity index (χ0v) is 17.0. The average Bonchev–Trinajstić information content (AvgIpc) is 2.98. The van der Waals surface area contributed by atoms with Crippen LogP contribution in [0.4, 0.5) is 4.39 Å². The summed E-state index contributed by atoms with van der Waals surface area (Å²) in [5, 5.41) is 0. The van der Waals surface area contributed by atoms with Crippen molar-refractivity contribution < 1.29 is 22.4 Å². The fourth-order valence-corrected chi connectivity index (χ4v) is 4.61. The SMILES string of the molecule is O=C(C1=CN2CCS(=O)(=O)N=C2C=C1)N1CCCN(C(=O)c2ccccc2F)CC1. The fraction of sp³-hybridized carbons (Fsp3) is 0.350. The molecule has 3 aliphatic rings. The van der Waals surface area contributed by atoms with E-state index in [-0.39, 0.29) is 29.7 Å². The van der Waals surface area contributed by atoms with E-state index in [0.717, 1.165) is 0 Å². The fourth-order valence-electron chi connectivity index (χ4n) is 3.64. The number of halogens is 1. The van der Waals surface area contributed by atoms with E-state index in [1.807, 2.05) is 0 Å². The minimum absolute atomic E-state index is 0.0297. The van der Waals surface area contributed by atoms with E-state index in [1.165, 1.54) is 24.3 Å². The quantitative estimate of drug-likeness (QED) is 0.696. The lowest BCUT2D eigenvalue weighted by Gasteiger charge is -2.29. The molecular formula is C20H21FN4O4S. The van der Waals surface area contributed by atoms with Crippen LogP contribution in [0.2, 0.25) is 0 Å². The second-order valence-electron chi connectivity index (χ2n) is 7.26. The number of carbonyl (C=O) groups is 2. The van der Waals surface area contributed by atoms with E-state index in [4.69, 9.17) is 0 Å². The molecule has 0 bridgehead atoms. The maximum absolute atomic E-state index is 13.9. The van der Waals surface area contributed by atoms with Crippen molar-refractivity contribution in [2.75, 3.05) is 38.5 Å². The van der Waals surface area contributed by atoms with Gasteiger partial charge in [0.05, 0.1) is 16.9 Å². The largest absolute Gasteiger partial charge is 0.337 e. The Morgan fingerprint density at radius 3 is 2.37 bits per heavy atom. The van der Waals surface area contributed by atoms with Crippen LogP contribution in [0, 0.1) is 5.82 Å². The number of amides is 2. The summed E-state index contributed by atoms with van der Waals surface area (Å²) in [5.74, 6) is -0.930. The highest BCUT2D eigenvalue weighted by atomic mass is 32.2. The molecule has 0 saturated carbocycles. The predicted octanol–water partition coefficient (Wildman–Crippen LogP) is 0.998. The molecule has 30 heavy (non-hydrogen) atoms. The lowest BCUT2D eigenvalue weighted by molar-refractivity contribution is -0.126. The van der Waals surface area contributed by atoms with Crippen molar-refractivity contribution in [1.82, 2.24) is 14.7 Å². The van der Waals surface area contributed by atoms with Crippen molar-refractivity contribution >= 4 is 27.7 Å². The smallest absolute Gasteiger partial charge is 0.256 e. The molecule has 0 aliphatic carbocycles. The first-order valence-electron chi connectivity index (χ1n) is 9.66. The highest BCUT2D eigenvalue weighted by molar-refractivity contribution is 7.90. The topological polar surface area (TPSA) is 90.4 Å². The monoisotopic (exact) mass is 432 g/mol. The molecule has 1 aromatic rings. The van der Waals surface area contributed by atoms with Crippen molar-refractivity contribution in [3.63, 3.8) is 0 Å². The Hall–Kier alpha value is -3.01.